The summed E-state index contributed by atoms with van der Waals surface area (Å²) < 4.78 is 0. The number of hydrogen-bond donors (Lipinski definition) is 4. The van der Waals surface area contributed by atoms with Gasteiger partial charge < -0.3 is 21.7 Å². The summed E-state index contributed by atoms with van der Waals surface area (Å²) >= 11 is 6.05. The average Bonchev–Trinajstić information content (AvgIpc) is 3.01. The summed E-state index contributed by atoms with van der Waals surface area (Å²) in [5.41, 5.74) is 9.73. The topological polar surface area (TPSA) is 113 Å². The Morgan fingerprint density at radius 3 is 1.73 bits per heavy atom. The number of amides is 3. The maximum atomic E-state index is 13.7. The van der Waals surface area contributed by atoms with Crippen molar-refractivity contribution in [3.05, 3.63) is 142 Å². The second-order valence-electron chi connectivity index (χ2n) is 9.71. The summed E-state index contributed by atoms with van der Waals surface area (Å²) in [4.78, 5) is 40.1. The van der Waals surface area contributed by atoms with Crippen LogP contribution in [0, 0.1) is 0 Å². The minimum atomic E-state index is -0.932. The zero-order valence-corrected chi connectivity index (χ0v) is 23.3. The molecule has 0 heterocycles. The number of benzene rings is 4. The third kappa shape index (κ3) is 9.03. The molecule has 0 saturated heterocycles. The van der Waals surface area contributed by atoms with E-state index in [1.807, 2.05) is 60.7 Å². The molecule has 4 aromatic carbocycles. The Kier molecular flexibility index (Phi) is 10.7. The van der Waals surface area contributed by atoms with Crippen molar-refractivity contribution in [3.63, 3.8) is 0 Å². The number of nitrogens with two attached hydrogens (primary N) is 1. The monoisotopic (exact) mass is 568 g/mol. The lowest BCUT2D eigenvalue weighted by Gasteiger charge is -2.24. The van der Waals surface area contributed by atoms with E-state index in [0.717, 1.165) is 22.3 Å². The lowest BCUT2D eigenvalue weighted by Crippen LogP contribution is -2.55. The first kappa shape index (κ1) is 29.5. The van der Waals surface area contributed by atoms with Gasteiger partial charge in [-0.2, -0.15) is 0 Å². The van der Waals surface area contributed by atoms with Crippen LogP contribution in [0.3, 0.4) is 0 Å². The van der Waals surface area contributed by atoms with Gasteiger partial charge in [-0.15, -0.1) is 0 Å². The van der Waals surface area contributed by atoms with E-state index in [1.165, 1.54) is 0 Å². The fourth-order valence-electron chi connectivity index (χ4n) is 4.33. The second kappa shape index (κ2) is 14.8. The molecule has 0 unspecified atom stereocenters. The van der Waals surface area contributed by atoms with Crippen LogP contribution in [0.25, 0.3) is 0 Å². The minimum Gasteiger partial charge on any atom is -0.350 e. The number of halogens is 1. The highest BCUT2D eigenvalue weighted by atomic mass is 35.5. The molecule has 0 radical (unpaired) electrons. The largest absolute Gasteiger partial charge is 0.350 e. The van der Waals surface area contributed by atoms with Crippen molar-refractivity contribution in [1.82, 2.24) is 16.0 Å². The fourth-order valence-corrected chi connectivity index (χ4v) is 4.46. The van der Waals surface area contributed by atoms with Crippen molar-refractivity contribution < 1.29 is 14.4 Å². The highest BCUT2D eigenvalue weighted by molar-refractivity contribution is 6.30. The van der Waals surface area contributed by atoms with Gasteiger partial charge in [0.1, 0.15) is 12.1 Å². The average molecular weight is 569 g/mol. The lowest BCUT2D eigenvalue weighted by atomic mass is 10.0. The molecular weight excluding hydrogens is 536 g/mol. The van der Waals surface area contributed by atoms with E-state index in [2.05, 4.69) is 16.0 Å². The van der Waals surface area contributed by atoms with Crippen molar-refractivity contribution in [2.45, 2.75) is 38.0 Å². The molecule has 0 spiro atoms. The molecule has 0 aromatic heterocycles. The quantitative estimate of drug-likeness (QED) is 0.205. The first-order chi connectivity index (χ1) is 19.9. The van der Waals surface area contributed by atoms with Crippen LogP contribution in [0.1, 0.15) is 32.6 Å². The van der Waals surface area contributed by atoms with Gasteiger partial charge in [-0.25, -0.2) is 0 Å². The molecule has 4 rings (SSSR count). The summed E-state index contributed by atoms with van der Waals surface area (Å²) in [5.74, 6) is -1.18. The first-order valence-electron chi connectivity index (χ1n) is 13.4. The first-order valence-corrected chi connectivity index (χ1v) is 13.8. The van der Waals surface area contributed by atoms with Crippen LogP contribution < -0.4 is 21.7 Å². The van der Waals surface area contributed by atoms with Gasteiger partial charge in [0.2, 0.25) is 11.8 Å². The van der Waals surface area contributed by atoms with E-state index < -0.39 is 18.0 Å². The molecule has 0 saturated carbocycles. The van der Waals surface area contributed by atoms with Crippen LogP contribution >= 0.6 is 11.6 Å². The Bertz CT molecular complexity index is 1430. The summed E-state index contributed by atoms with van der Waals surface area (Å²) in [6, 6.07) is 31.1. The zero-order chi connectivity index (χ0) is 29.0. The number of hydrogen-bond acceptors (Lipinski definition) is 4. The minimum absolute atomic E-state index is 0.217. The molecule has 0 aliphatic rings. The molecule has 5 N–H and O–H groups in total. The van der Waals surface area contributed by atoms with Crippen molar-refractivity contribution in [3.8, 4) is 0 Å². The van der Waals surface area contributed by atoms with Gasteiger partial charge in [-0.1, -0.05) is 96.5 Å². The number of carbonyl (C=O) groups excluding carboxylic acids is 3. The highest BCUT2D eigenvalue weighted by Gasteiger charge is 2.27. The van der Waals surface area contributed by atoms with Gasteiger partial charge in [0, 0.05) is 36.5 Å². The Hall–Kier alpha value is -4.46. The van der Waals surface area contributed by atoms with Crippen molar-refractivity contribution in [2.75, 3.05) is 0 Å². The molecule has 8 heteroatoms. The highest BCUT2D eigenvalue weighted by Crippen LogP contribution is 2.13. The Balaban J connectivity index is 1.52. The van der Waals surface area contributed by atoms with Crippen LogP contribution in [0.5, 0.6) is 0 Å². The third-order valence-electron chi connectivity index (χ3n) is 6.65. The Morgan fingerprint density at radius 1 is 0.610 bits per heavy atom. The Labute approximate surface area is 245 Å². The molecule has 7 nitrogen and oxygen atoms in total. The summed E-state index contributed by atoms with van der Waals surface area (Å²) in [5, 5.41) is 9.25. The standard InChI is InChI=1S/C33H33ClN4O3/c34-28-17-15-24(16-18-28)20-30(37-31(39)27-9-5-2-6-10-27)33(41)38-29(19-23-7-3-1-4-8-23)32(40)36-22-26-13-11-25(21-35)12-14-26/h1-18,29-30H,19-22,35H2,(H,36,40)(H,37,39)(H,38,41)/t29-,30+/m0/s1. The van der Waals surface area contributed by atoms with Crippen LogP contribution in [0.4, 0.5) is 0 Å². The molecule has 2 atom stereocenters. The molecule has 0 fully saturated rings. The van der Waals surface area contributed by atoms with Gasteiger partial charge in [-0.05, 0) is 46.5 Å². The zero-order valence-electron chi connectivity index (χ0n) is 22.6. The van der Waals surface area contributed by atoms with Crippen molar-refractivity contribution in [2.24, 2.45) is 5.73 Å². The maximum absolute atomic E-state index is 13.7. The predicted molar refractivity (Wildman–Crippen MR) is 161 cm³/mol. The fraction of sp³-hybridized carbons (Fsp3) is 0.182. The number of carbonyl (C=O) groups is 3. The van der Waals surface area contributed by atoms with Crippen molar-refractivity contribution in [1.29, 1.82) is 0 Å². The summed E-state index contributed by atoms with van der Waals surface area (Å²) in [6.07, 6.45) is 0.500. The third-order valence-corrected chi connectivity index (χ3v) is 6.90. The van der Waals surface area contributed by atoms with Gasteiger partial charge >= 0.3 is 0 Å². The number of nitrogens with one attached hydrogen (secondary N) is 3. The van der Waals surface area contributed by atoms with Gasteiger partial charge in [0.15, 0.2) is 0 Å². The summed E-state index contributed by atoms with van der Waals surface area (Å²) in [7, 11) is 0. The SMILES string of the molecule is NCc1ccc(CNC(=O)[C@H](Cc2ccccc2)NC(=O)[C@@H](Cc2ccc(Cl)cc2)NC(=O)c2ccccc2)cc1. The van der Waals surface area contributed by atoms with E-state index in [1.54, 1.807) is 48.5 Å². The molecule has 41 heavy (non-hydrogen) atoms. The maximum Gasteiger partial charge on any atom is 0.251 e. The summed E-state index contributed by atoms with van der Waals surface area (Å²) in [6.45, 7) is 0.736. The van der Waals surface area contributed by atoms with Crippen molar-refractivity contribution >= 4 is 29.3 Å². The number of rotatable bonds is 12. The molecule has 0 aliphatic carbocycles. The van der Waals surface area contributed by atoms with Crippen LogP contribution in [0.2, 0.25) is 5.02 Å². The molecular formula is C33H33ClN4O3. The predicted octanol–water partition coefficient (Wildman–Crippen LogP) is 4.18. The molecule has 0 bridgehead atoms. The van der Waals surface area contributed by atoms with E-state index in [0.29, 0.717) is 23.7 Å². The molecule has 210 valence electrons. The normalized spacial score (nSPS) is 12.1. The smallest absolute Gasteiger partial charge is 0.251 e. The lowest BCUT2D eigenvalue weighted by molar-refractivity contribution is -0.130. The van der Waals surface area contributed by atoms with Crippen LogP contribution in [-0.2, 0) is 35.5 Å². The van der Waals surface area contributed by atoms with Gasteiger partial charge in [0.25, 0.3) is 5.91 Å². The van der Waals surface area contributed by atoms with Gasteiger partial charge in [0.05, 0.1) is 0 Å². The van der Waals surface area contributed by atoms with Gasteiger partial charge in [-0.3, -0.25) is 14.4 Å². The Morgan fingerprint density at radius 2 is 1.12 bits per heavy atom. The molecule has 3 amide bonds. The van der Waals surface area contributed by atoms with Crippen LogP contribution in [-0.4, -0.2) is 29.8 Å². The molecule has 4 aromatic rings. The van der Waals surface area contributed by atoms with E-state index in [9.17, 15) is 14.4 Å². The van der Waals surface area contributed by atoms with E-state index in [4.69, 9.17) is 17.3 Å². The van der Waals surface area contributed by atoms with E-state index >= 15 is 0 Å². The van der Waals surface area contributed by atoms with Crippen LogP contribution in [0.15, 0.2) is 109 Å². The second-order valence-corrected chi connectivity index (χ2v) is 10.1. The van der Waals surface area contributed by atoms with E-state index in [-0.39, 0.29) is 24.7 Å². The molecule has 0 aliphatic heterocycles.